The molecule has 2 aromatic heterocycles. The highest BCUT2D eigenvalue weighted by Crippen LogP contribution is 2.44. The molecular formula is C35H40N6O7P2. The predicted molar refractivity (Wildman–Crippen MR) is 192 cm³/mol. The molecule has 6 rings (SSSR count). The molecule has 3 aromatic carbocycles. The molecule has 0 spiro atoms. The van der Waals surface area contributed by atoms with Crippen LogP contribution in [-0.2, 0) is 18.3 Å². The number of aliphatic hydroxyl groups excluding tert-OH is 1. The first-order chi connectivity index (χ1) is 24.3. The number of hydrogen-bond acceptors (Lipinski definition) is 10. The minimum atomic E-state index is -4.35. The lowest BCUT2D eigenvalue weighted by Crippen LogP contribution is -2.26. The highest BCUT2D eigenvalue weighted by Gasteiger charge is 2.38. The number of nitrogens with two attached hydrogens (primary N) is 1. The topological polar surface area (TPSA) is 184 Å². The third-order valence-corrected chi connectivity index (χ3v) is 11.8. The van der Waals surface area contributed by atoms with Crippen molar-refractivity contribution in [2.45, 2.75) is 50.5 Å². The van der Waals surface area contributed by atoms with Crippen LogP contribution in [0.2, 0.25) is 0 Å². The van der Waals surface area contributed by atoms with Crippen molar-refractivity contribution in [2.75, 3.05) is 25.5 Å². The van der Waals surface area contributed by atoms with Crippen molar-refractivity contribution in [3.63, 3.8) is 0 Å². The number of phosphoric ester groups is 1. The number of aliphatic hydroxyl groups is 1. The van der Waals surface area contributed by atoms with E-state index in [9.17, 15) is 19.4 Å². The molecule has 5 aromatic rings. The molecule has 4 atom stereocenters. The molecule has 1 fully saturated rings. The molecular weight excluding hydrogens is 678 g/mol. The summed E-state index contributed by atoms with van der Waals surface area (Å²) in [7, 11) is -5.09. The van der Waals surface area contributed by atoms with Gasteiger partial charge in [-0.15, -0.1) is 0 Å². The van der Waals surface area contributed by atoms with Gasteiger partial charge in [-0.05, 0) is 48.8 Å². The van der Waals surface area contributed by atoms with Crippen molar-refractivity contribution < 1.29 is 33.1 Å². The van der Waals surface area contributed by atoms with Crippen LogP contribution in [-0.4, -0.2) is 67.4 Å². The van der Waals surface area contributed by atoms with Gasteiger partial charge >= 0.3 is 7.82 Å². The first kappa shape index (κ1) is 35.8. The van der Waals surface area contributed by atoms with Crippen molar-refractivity contribution in [3.05, 3.63) is 103 Å². The van der Waals surface area contributed by atoms with E-state index in [1.165, 1.54) is 28.6 Å². The van der Waals surface area contributed by atoms with Gasteiger partial charge in [0.2, 0.25) is 0 Å². The van der Waals surface area contributed by atoms with Gasteiger partial charge in [0.05, 0.1) is 25.6 Å². The van der Waals surface area contributed by atoms with Crippen molar-refractivity contribution in [1.82, 2.24) is 24.8 Å². The lowest BCUT2D eigenvalue weighted by atomic mass is 10.2. The van der Waals surface area contributed by atoms with Crippen LogP contribution in [0, 0.1) is 0 Å². The molecule has 1 aliphatic heterocycles. The third kappa shape index (κ3) is 8.99. The van der Waals surface area contributed by atoms with Crippen molar-refractivity contribution >= 4 is 54.5 Å². The van der Waals surface area contributed by atoms with E-state index in [2.05, 4.69) is 68.8 Å². The number of nitrogens with one attached hydrogen (secondary N) is 1. The van der Waals surface area contributed by atoms with Gasteiger partial charge in [-0.3, -0.25) is 18.4 Å². The average Bonchev–Trinajstić information content (AvgIpc) is 3.73. The number of hydrogen-bond donors (Lipinski definition) is 4. The number of amides is 1. The average molecular weight is 719 g/mol. The van der Waals surface area contributed by atoms with Crippen molar-refractivity contribution in [3.8, 4) is 0 Å². The Kier molecular flexibility index (Phi) is 12.0. The quantitative estimate of drug-likeness (QED) is 0.0856. The first-order valence-electron chi connectivity index (χ1n) is 16.5. The Hall–Kier alpha value is -4.06. The summed E-state index contributed by atoms with van der Waals surface area (Å²) < 4.78 is 30.2. The van der Waals surface area contributed by atoms with E-state index >= 15 is 0 Å². The number of phosphoric acid groups is 1. The molecule has 1 amide bonds. The maximum Gasteiger partial charge on any atom is 0.472 e. The van der Waals surface area contributed by atoms with E-state index in [-0.39, 0.29) is 31.4 Å². The van der Waals surface area contributed by atoms with E-state index in [1.807, 2.05) is 36.4 Å². The number of ether oxygens (including phenoxy) is 1. The Morgan fingerprint density at radius 3 is 2.28 bits per heavy atom. The van der Waals surface area contributed by atoms with Gasteiger partial charge in [0.25, 0.3) is 5.91 Å². The minimum Gasteiger partial charge on any atom is -0.390 e. The monoisotopic (exact) mass is 718 g/mol. The van der Waals surface area contributed by atoms with Crippen LogP contribution in [0.15, 0.2) is 97.6 Å². The van der Waals surface area contributed by atoms with Gasteiger partial charge < -0.3 is 25.8 Å². The number of fused-ring (bicyclic) bond motifs is 1. The molecule has 1 unspecified atom stereocenters. The van der Waals surface area contributed by atoms with Crippen LogP contribution in [0.5, 0.6) is 0 Å². The van der Waals surface area contributed by atoms with Crippen molar-refractivity contribution in [1.29, 1.82) is 0 Å². The molecule has 5 N–H and O–H groups in total. The normalized spacial score (nSPS) is 18.7. The number of aromatic nitrogens is 4. The van der Waals surface area contributed by atoms with Crippen LogP contribution in [0.1, 0.15) is 48.7 Å². The summed E-state index contributed by atoms with van der Waals surface area (Å²) in [4.78, 5) is 35.2. The summed E-state index contributed by atoms with van der Waals surface area (Å²) in [5, 5.41) is 17.1. The molecule has 0 saturated carbocycles. The molecule has 0 aliphatic carbocycles. The zero-order chi connectivity index (χ0) is 34.9. The Morgan fingerprint density at radius 2 is 1.58 bits per heavy atom. The first-order valence-corrected chi connectivity index (χ1v) is 19.3. The highest BCUT2D eigenvalue weighted by molar-refractivity contribution is 7.79. The molecule has 50 heavy (non-hydrogen) atoms. The fourth-order valence-corrected chi connectivity index (χ4v) is 8.80. The summed E-state index contributed by atoms with van der Waals surface area (Å²) in [6.45, 7) is 0.211. The summed E-state index contributed by atoms with van der Waals surface area (Å²) in [6, 6.07) is 28.7. The van der Waals surface area contributed by atoms with E-state index in [4.69, 9.17) is 19.5 Å². The number of carbonyl (C=O) groups is 1. The molecule has 0 bridgehead atoms. The zero-order valence-electron chi connectivity index (χ0n) is 27.3. The zero-order valence-corrected chi connectivity index (χ0v) is 29.1. The molecule has 15 heteroatoms. The number of imidazole rings is 1. The number of benzene rings is 3. The van der Waals surface area contributed by atoms with Gasteiger partial charge in [0.1, 0.15) is 24.2 Å². The van der Waals surface area contributed by atoms with Crippen LogP contribution in [0.3, 0.4) is 0 Å². The van der Waals surface area contributed by atoms with E-state index in [1.54, 1.807) is 4.57 Å². The molecule has 13 nitrogen and oxygen atoms in total. The summed E-state index contributed by atoms with van der Waals surface area (Å²) in [6.07, 6.45) is 3.46. The fourth-order valence-electron chi connectivity index (χ4n) is 5.75. The Labute approximate surface area is 291 Å². The smallest absolute Gasteiger partial charge is 0.390 e. The van der Waals surface area contributed by atoms with Gasteiger partial charge in [-0.25, -0.2) is 19.5 Å². The van der Waals surface area contributed by atoms with Crippen molar-refractivity contribution in [2.24, 2.45) is 0 Å². The molecule has 0 radical (unpaired) electrons. The molecule has 1 aliphatic rings. The van der Waals surface area contributed by atoms with Gasteiger partial charge in [-0.1, -0.05) is 85.6 Å². The van der Waals surface area contributed by atoms with Crippen LogP contribution >= 0.6 is 15.7 Å². The van der Waals surface area contributed by atoms with E-state index in [0.717, 1.165) is 19.3 Å². The van der Waals surface area contributed by atoms with Crippen LogP contribution in [0.4, 0.5) is 5.82 Å². The van der Waals surface area contributed by atoms with E-state index in [0.29, 0.717) is 29.7 Å². The van der Waals surface area contributed by atoms with Gasteiger partial charge in [0, 0.05) is 18.5 Å². The second-order valence-electron chi connectivity index (χ2n) is 11.8. The lowest BCUT2D eigenvalue weighted by Gasteiger charge is -2.19. The minimum absolute atomic E-state index is 0.0276. The highest BCUT2D eigenvalue weighted by atomic mass is 31.2. The summed E-state index contributed by atoms with van der Waals surface area (Å²) in [5.41, 5.74) is 7.33. The van der Waals surface area contributed by atoms with Crippen LogP contribution < -0.4 is 27.0 Å². The second-order valence-corrected chi connectivity index (χ2v) is 15.5. The summed E-state index contributed by atoms with van der Waals surface area (Å²) in [5.74, 6) is 0.105. The van der Waals surface area contributed by atoms with Gasteiger partial charge in [0.15, 0.2) is 11.5 Å². The summed E-state index contributed by atoms with van der Waals surface area (Å²) >= 11 is 0. The lowest BCUT2D eigenvalue weighted by molar-refractivity contribution is -0.0439. The molecule has 1 saturated heterocycles. The number of rotatable bonds is 16. The van der Waals surface area contributed by atoms with E-state index < -0.39 is 34.2 Å². The SMILES string of the molecule is Nc1ncnc2c1ncn2[C@H]1C[C@H](O)[C@@H](COP(=O)(O)OCCCCCCNC(=O)c2ccc(P(c3ccccc3)c3ccccc3)cc2)O1. The van der Waals surface area contributed by atoms with Gasteiger partial charge in [-0.2, -0.15) is 0 Å². The maximum absolute atomic E-state index is 12.8. The number of carbonyl (C=O) groups excluding carboxylic acids is 1. The number of nitrogens with zero attached hydrogens (tertiary/aromatic N) is 4. The second kappa shape index (κ2) is 16.8. The molecule has 262 valence electrons. The number of anilines is 1. The number of nitrogen functional groups attached to an aromatic ring is 1. The third-order valence-electron chi connectivity index (χ3n) is 8.33. The Morgan fingerprint density at radius 1 is 0.920 bits per heavy atom. The number of unbranched alkanes of at least 4 members (excludes halogenated alkanes) is 3. The standard InChI is InChI=1S/C35H40N6O7P2/c36-33-32-34(39-23-38-33)41(24-40-32)31-21-29(42)30(48-31)22-47-50(44,45)46-20-10-2-1-9-19-37-35(43)25-15-17-28(18-16-25)49(26-11-5-3-6-12-26)27-13-7-4-8-14-27/h3-8,11-18,23-24,29-31,42H,1-2,9-10,19-22H2,(H,37,43)(H,44,45)(H2,36,38,39)/t29-,30+,31+/m0/s1. The maximum atomic E-state index is 12.8. The Balaban J connectivity index is 0.870. The predicted octanol–water partition coefficient (Wildman–Crippen LogP) is 3.94. The largest absolute Gasteiger partial charge is 0.472 e. The molecule has 3 heterocycles. The fraction of sp³-hybridized carbons (Fsp3) is 0.314. The Bertz CT molecular complexity index is 1860. The van der Waals surface area contributed by atoms with Crippen LogP contribution in [0.25, 0.3) is 11.2 Å².